The lowest BCUT2D eigenvalue weighted by atomic mass is 10.2. The molecule has 24 heavy (non-hydrogen) atoms. The summed E-state index contributed by atoms with van der Waals surface area (Å²) in [6.07, 6.45) is 1.01. The zero-order chi connectivity index (χ0) is 17.5. The van der Waals surface area contributed by atoms with E-state index in [1.165, 1.54) is 12.1 Å². The topological polar surface area (TPSA) is 89.8 Å². The lowest BCUT2D eigenvalue weighted by molar-refractivity contribution is 0.606. The van der Waals surface area contributed by atoms with Crippen LogP contribution in [0.1, 0.15) is 11.4 Å². The summed E-state index contributed by atoms with van der Waals surface area (Å²) in [6.45, 7) is 2.14. The van der Waals surface area contributed by atoms with Crippen molar-refractivity contribution in [1.82, 2.24) is 19.5 Å². The van der Waals surface area contributed by atoms with Gasteiger partial charge in [-0.1, -0.05) is 12.1 Å². The SMILES string of the molecule is Cc1nc2c(NS(C)(=O)=O)nc(Cl)nc2n1Cc1ccc(F)cc1. The Hall–Kier alpha value is -2.26. The second-order valence-electron chi connectivity index (χ2n) is 5.26. The quantitative estimate of drug-likeness (QED) is 0.713. The minimum Gasteiger partial charge on any atom is -0.308 e. The van der Waals surface area contributed by atoms with E-state index in [1.54, 1.807) is 23.6 Å². The summed E-state index contributed by atoms with van der Waals surface area (Å²) in [5.41, 5.74) is 1.53. The van der Waals surface area contributed by atoms with Gasteiger partial charge in [0.25, 0.3) is 0 Å². The summed E-state index contributed by atoms with van der Waals surface area (Å²) in [5.74, 6) is 0.298. The van der Waals surface area contributed by atoms with Crippen molar-refractivity contribution >= 4 is 38.6 Å². The highest BCUT2D eigenvalue weighted by Crippen LogP contribution is 2.24. The smallest absolute Gasteiger partial charge is 0.231 e. The largest absolute Gasteiger partial charge is 0.308 e. The van der Waals surface area contributed by atoms with Crippen molar-refractivity contribution < 1.29 is 12.8 Å². The maximum Gasteiger partial charge on any atom is 0.231 e. The highest BCUT2D eigenvalue weighted by Gasteiger charge is 2.18. The number of anilines is 1. The molecule has 0 fully saturated rings. The van der Waals surface area contributed by atoms with Gasteiger partial charge in [-0.3, -0.25) is 4.72 Å². The number of aryl methyl sites for hydroxylation is 1. The van der Waals surface area contributed by atoms with Crippen molar-refractivity contribution in [2.75, 3.05) is 11.0 Å². The minimum absolute atomic E-state index is 0.0217. The van der Waals surface area contributed by atoms with E-state index in [1.807, 2.05) is 0 Å². The van der Waals surface area contributed by atoms with Gasteiger partial charge < -0.3 is 4.57 Å². The first-order valence-electron chi connectivity index (χ1n) is 6.85. The number of aromatic nitrogens is 4. The molecule has 0 aliphatic heterocycles. The molecule has 0 radical (unpaired) electrons. The second-order valence-corrected chi connectivity index (χ2v) is 7.35. The van der Waals surface area contributed by atoms with Crippen LogP contribution in [0.2, 0.25) is 5.28 Å². The molecule has 2 aromatic heterocycles. The normalized spacial score (nSPS) is 11.8. The molecule has 0 saturated carbocycles. The van der Waals surface area contributed by atoms with Crippen molar-refractivity contribution in [2.45, 2.75) is 13.5 Å². The molecule has 2 heterocycles. The molecule has 10 heteroatoms. The van der Waals surface area contributed by atoms with Crippen LogP contribution in [0, 0.1) is 12.7 Å². The van der Waals surface area contributed by atoms with Crippen molar-refractivity contribution in [3.8, 4) is 0 Å². The van der Waals surface area contributed by atoms with Crippen LogP contribution in [0.4, 0.5) is 10.2 Å². The predicted octanol–water partition coefficient (Wildman–Crippen LogP) is 2.35. The first-order valence-corrected chi connectivity index (χ1v) is 9.12. The number of nitrogens with zero attached hydrogens (tertiary/aromatic N) is 4. The Morgan fingerprint density at radius 1 is 1.21 bits per heavy atom. The molecule has 0 aliphatic carbocycles. The molecule has 0 saturated heterocycles. The molecule has 126 valence electrons. The van der Waals surface area contributed by atoms with Gasteiger partial charge in [0.05, 0.1) is 12.8 Å². The number of nitrogens with one attached hydrogen (secondary N) is 1. The highest BCUT2D eigenvalue weighted by molar-refractivity contribution is 7.92. The number of hydrogen-bond acceptors (Lipinski definition) is 5. The Morgan fingerprint density at radius 3 is 2.50 bits per heavy atom. The van der Waals surface area contributed by atoms with Crippen molar-refractivity contribution in [2.24, 2.45) is 0 Å². The Labute approximate surface area is 142 Å². The van der Waals surface area contributed by atoms with Crippen LogP contribution < -0.4 is 4.72 Å². The van der Waals surface area contributed by atoms with E-state index in [9.17, 15) is 12.8 Å². The van der Waals surface area contributed by atoms with Crippen molar-refractivity contribution in [3.63, 3.8) is 0 Å². The van der Waals surface area contributed by atoms with Crippen LogP contribution in [-0.4, -0.2) is 34.2 Å². The van der Waals surface area contributed by atoms with Gasteiger partial charge in [-0.25, -0.2) is 17.8 Å². The first-order chi connectivity index (χ1) is 11.2. The minimum atomic E-state index is -3.54. The maximum absolute atomic E-state index is 13.0. The van der Waals surface area contributed by atoms with E-state index in [0.717, 1.165) is 11.8 Å². The number of halogens is 2. The van der Waals surface area contributed by atoms with Crippen LogP contribution in [0.3, 0.4) is 0 Å². The Kier molecular flexibility index (Phi) is 4.14. The molecular weight excluding hydrogens is 357 g/mol. The summed E-state index contributed by atoms with van der Waals surface area (Å²) in [5, 5.41) is -0.103. The van der Waals surface area contributed by atoms with Crippen LogP contribution in [0.15, 0.2) is 24.3 Å². The second kappa shape index (κ2) is 5.99. The number of rotatable bonds is 4. The van der Waals surface area contributed by atoms with E-state index in [0.29, 0.717) is 23.5 Å². The molecule has 0 atom stereocenters. The molecule has 3 aromatic rings. The summed E-state index contributed by atoms with van der Waals surface area (Å²) in [6, 6.07) is 6.03. The Bertz CT molecular complexity index is 1020. The molecular formula is C14H13ClFN5O2S. The third kappa shape index (κ3) is 3.46. The number of imidazole rings is 1. The number of hydrogen-bond donors (Lipinski definition) is 1. The molecule has 0 unspecified atom stereocenters. The fourth-order valence-electron chi connectivity index (χ4n) is 2.29. The fraction of sp³-hybridized carbons (Fsp3) is 0.214. The zero-order valence-electron chi connectivity index (χ0n) is 12.8. The standard InChI is InChI=1S/C14H13ClFN5O2S/c1-8-17-11-12(20-24(2,22)23)18-14(15)19-13(11)21(8)7-9-3-5-10(16)6-4-9/h3-6H,7H2,1-2H3,(H,18,19,20). The lowest BCUT2D eigenvalue weighted by Gasteiger charge is -2.07. The molecule has 0 amide bonds. The summed E-state index contributed by atoms with van der Waals surface area (Å²) in [4.78, 5) is 12.4. The molecule has 3 rings (SSSR count). The highest BCUT2D eigenvalue weighted by atomic mass is 35.5. The third-order valence-corrected chi connectivity index (χ3v) is 4.03. The van der Waals surface area contributed by atoms with E-state index in [2.05, 4.69) is 19.7 Å². The number of fused-ring (bicyclic) bond motifs is 1. The average molecular weight is 370 g/mol. The van der Waals surface area contributed by atoms with Crippen LogP contribution >= 0.6 is 11.6 Å². The van der Waals surface area contributed by atoms with E-state index >= 15 is 0 Å². The van der Waals surface area contributed by atoms with E-state index in [-0.39, 0.29) is 16.9 Å². The molecule has 1 aromatic carbocycles. The molecule has 0 bridgehead atoms. The predicted molar refractivity (Wildman–Crippen MR) is 89.0 cm³/mol. The number of sulfonamides is 1. The molecule has 0 spiro atoms. The van der Waals surface area contributed by atoms with Crippen LogP contribution in [-0.2, 0) is 16.6 Å². The van der Waals surface area contributed by atoms with Crippen molar-refractivity contribution in [1.29, 1.82) is 0 Å². The Morgan fingerprint density at radius 2 is 1.88 bits per heavy atom. The van der Waals surface area contributed by atoms with Gasteiger partial charge in [0, 0.05) is 0 Å². The van der Waals surface area contributed by atoms with Gasteiger partial charge >= 0.3 is 0 Å². The van der Waals surface area contributed by atoms with Gasteiger partial charge in [0.15, 0.2) is 17.0 Å². The fourth-order valence-corrected chi connectivity index (χ4v) is 2.95. The van der Waals surface area contributed by atoms with Gasteiger partial charge in [-0.05, 0) is 36.2 Å². The van der Waals surface area contributed by atoms with E-state index < -0.39 is 10.0 Å². The Balaban J connectivity index is 2.12. The first kappa shape index (κ1) is 16.6. The lowest BCUT2D eigenvalue weighted by Crippen LogP contribution is -2.12. The zero-order valence-corrected chi connectivity index (χ0v) is 14.4. The molecule has 7 nitrogen and oxygen atoms in total. The van der Waals surface area contributed by atoms with E-state index in [4.69, 9.17) is 11.6 Å². The third-order valence-electron chi connectivity index (χ3n) is 3.29. The van der Waals surface area contributed by atoms with Gasteiger partial charge in [0.1, 0.15) is 11.6 Å². The molecule has 0 aliphatic rings. The van der Waals surface area contributed by atoms with Crippen LogP contribution in [0.5, 0.6) is 0 Å². The van der Waals surface area contributed by atoms with Gasteiger partial charge in [-0.15, -0.1) is 0 Å². The number of benzene rings is 1. The van der Waals surface area contributed by atoms with Gasteiger partial charge in [0.2, 0.25) is 15.3 Å². The summed E-state index contributed by atoms with van der Waals surface area (Å²) < 4.78 is 40.1. The molecule has 1 N–H and O–H groups in total. The van der Waals surface area contributed by atoms with Crippen LogP contribution in [0.25, 0.3) is 11.2 Å². The summed E-state index contributed by atoms with van der Waals surface area (Å²) in [7, 11) is -3.54. The summed E-state index contributed by atoms with van der Waals surface area (Å²) >= 11 is 5.91. The maximum atomic E-state index is 13.0. The monoisotopic (exact) mass is 369 g/mol. The van der Waals surface area contributed by atoms with Gasteiger partial charge in [-0.2, -0.15) is 9.97 Å². The average Bonchev–Trinajstić information content (AvgIpc) is 2.77. The van der Waals surface area contributed by atoms with Crippen molar-refractivity contribution in [3.05, 3.63) is 46.8 Å².